The van der Waals surface area contributed by atoms with Crippen LogP contribution in [0, 0.1) is 0 Å². The summed E-state index contributed by atoms with van der Waals surface area (Å²) in [6.45, 7) is 7.47. The number of carbonyl (C=O) groups is 2. The molecule has 2 aromatic carbocycles. The fourth-order valence-electron chi connectivity index (χ4n) is 2.25. The molecule has 0 spiro atoms. The first-order valence-electron chi connectivity index (χ1n) is 8.66. The lowest BCUT2D eigenvalue weighted by Crippen LogP contribution is -2.10. The molecule has 0 aromatic heterocycles. The van der Waals surface area contributed by atoms with E-state index in [9.17, 15) is 9.59 Å². The maximum Gasteiger partial charge on any atom is 0.331 e. The van der Waals surface area contributed by atoms with E-state index in [4.69, 9.17) is 19.3 Å². The van der Waals surface area contributed by atoms with Gasteiger partial charge in [0.05, 0.1) is 6.61 Å². The predicted molar refractivity (Wildman–Crippen MR) is 105 cm³/mol. The summed E-state index contributed by atoms with van der Waals surface area (Å²) in [4.78, 5) is 21.6. The first-order valence-corrected chi connectivity index (χ1v) is 8.66. The van der Waals surface area contributed by atoms with E-state index in [2.05, 4.69) is 13.2 Å². The minimum absolute atomic E-state index is 0.123. The lowest BCUT2D eigenvalue weighted by atomic mass is 10.1. The Labute approximate surface area is 163 Å². The number of hydrogen-bond donors (Lipinski definition) is 1. The van der Waals surface area contributed by atoms with Gasteiger partial charge in [0.25, 0.3) is 0 Å². The SMILES string of the molecule is C=CC(=O)OCCOc1ccc(-c2ccc(OCCC(=C)C(=O)O)cc2)cc1. The number of carboxylic acid groups (broad SMARTS) is 1. The molecule has 0 aliphatic rings. The zero-order chi connectivity index (χ0) is 20.4. The molecule has 0 fully saturated rings. The van der Waals surface area contributed by atoms with Crippen molar-refractivity contribution in [3.05, 3.63) is 73.3 Å². The minimum Gasteiger partial charge on any atom is -0.493 e. The summed E-state index contributed by atoms with van der Waals surface area (Å²) in [6, 6.07) is 15.0. The highest BCUT2D eigenvalue weighted by molar-refractivity contribution is 5.85. The fourth-order valence-corrected chi connectivity index (χ4v) is 2.25. The van der Waals surface area contributed by atoms with Gasteiger partial charge in [-0.1, -0.05) is 37.4 Å². The van der Waals surface area contributed by atoms with Crippen LogP contribution in [-0.2, 0) is 14.3 Å². The van der Waals surface area contributed by atoms with Crippen LogP contribution in [0.5, 0.6) is 11.5 Å². The van der Waals surface area contributed by atoms with Crippen LogP contribution in [0.25, 0.3) is 11.1 Å². The molecular weight excluding hydrogens is 360 g/mol. The second-order valence-electron chi connectivity index (χ2n) is 5.78. The molecule has 0 amide bonds. The molecule has 6 heteroatoms. The summed E-state index contributed by atoms with van der Waals surface area (Å²) in [7, 11) is 0. The normalized spacial score (nSPS) is 10.0. The van der Waals surface area contributed by atoms with E-state index in [1.165, 1.54) is 0 Å². The summed E-state index contributed by atoms with van der Waals surface area (Å²) >= 11 is 0. The second kappa shape index (κ2) is 10.6. The Morgan fingerprint density at radius 1 is 0.857 bits per heavy atom. The Kier molecular flexibility index (Phi) is 7.84. The van der Waals surface area contributed by atoms with E-state index in [-0.39, 0.29) is 31.8 Å². The second-order valence-corrected chi connectivity index (χ2v) is 5.78. The van der Waals surface area contributed by atoms with Crippen LogP contribution in [0.15, 0.2) is 73.3 Å². The molecule has 0 atom stereocenters. The van der Waals surface area contributed by atoms with Gasteiger partial charge in [-0.2, -0.15) is 0 Å². The molecule has 0 saturated heterocycles. The molecule has 2 rings (SSSR count). The van der Waals surface area contributed by atoms with Crippen molar-refractivity contribution in [3.63, 3.8) is 0 Å². The summed E-state index contributed by atoms with van der Waals surface area (Å²) in [5, 5.41) is 8.77. The zero-order valence-electron chi connectivity index (χ0n) is 15.4. The van der Waals surface area contributed by atoms with Gasteiger partial charge < -0.3 is 19.3 Å². The lowest BCUT2D eigenvalue weighted by Gasteiger charge is -2.09. The zero-order valence-corrected chi connectivity index (χ0v) is 15.4. The average molecular weight is 382 g/mol. The van der Waals surface area contributed by atoms with Gasteiger partial charge in [0, 0.05) is 18.1 Å². The monoisotopic (exact) mass is 382 g/mol. The van der Waals surface area contributed by atoms with Gasteiger partial charge >= 0.3 is 11.9 Å². The number of hydrogen-bond acceptors (Lipinski definition) is 5. The van der Waals surface area contributed by atoms with E-state index in [0.717, 1.165) is 17.2 Å². The standard InChI is InChI=1S/C22H22O6/c1-3-21(23)28-15-14-27-20-10-6-18(7-11-20)17-4-8-19(9-5-17)26-13-12-16(2)22(24)25/h3-11H,1-2,12-15H2,(H,24,25). The van der Waals surface area contributed by atoms with Gasteiger partial charge in [-0.15, -0.1) is 0 Å². The van der Waals surface area contributed by atoms with Crippen molar-refractivity contribution >= 4 is 11.9 Å². The Morgan fingerprint density at radius 3 is 1.82 bits per heavy atom. The predicted octanol–water partition coefficient (Wildman–Crippen LogP) is 3.87. The van der Waals surface area contributed by atoms with Crippen LogP contribution >= 0.6 is 0 Å². The van der Waals surface area contributed by atoms with Crippen molar-refractivity contribution in [2.24, 2.45) is 0 Å². The fraction of sp³-hybridized carbons (Fsp3) is 0.182. The highest BCUT2D eigenvalue weighted by Crippen LogP contribution is 2.24. The number of carbonyl (C=O) groups excluding carboxylic acids is 1. The number of carboxylic acids is 1. The van der Waals surface area contributed by atoms with Crippen LogP contribution in [0.4, 0.5) is 0 Å². The summed E-state index contributed by atoms with van der Waals surface area (Å²) < 4.78 is 15.9. The summed E-state index contributed by atoms with van der Waals surface area (Å²) in [5.41, 5.74) is 2.14. The first-order chi connectivity index (χ1) is 13.5. The van der Waals surface area contributed by atoms with Crippen molar-refractivity contribution in [2.45, 2.75) is 6.42 Å². The number of rotatable bonds is 11. The Bertz CT molecular complexity index is 821. The van der Waals surface area contributed by atoms with Crippen molar-refractivity contribution in [3.8, 4) is 22.6 Å². The average Bonchev–Trinajstić information content (AvgIpc) is 2.71. The maximum atomic E-state index is 10.9. The topological polar surface area (TPSA) is 82.1 Å². The molecular formula is C22H22O6. The first kappa shape index (κ1) is 20.8. The highest BCUT2D eigenvalue weighted by atomic mass is 16.6. The molecule has 0 bridgehead atoms. The van der Waals surface area contributed by atoms with Crippen LogP contribution in [0.2, 0.25) is 0 Å². The Hall–Kier alpha value is -3.54. The molecule has 2 aromatic rings. The van der Waals surface area contributed by atoms with Crippen LogP contribution < -0.4 is 9.47 Å². The number of aliphatic carboxylic acids is 1. The van der Waals surface area contributed by atoms with Crippen LogP contribution in [-0.4, -0.2) is 36.9 Å². The largest absolute Gasteiger partial charge is 0.493 e. The highest BCUT2D eigenvalue weighted by Gasteiger charge is 2.05. The third-order valence-corrected chi connectivity index (χ3v) is 3.78. The number of esters is 1. The van der Waals surface area contributed by atoms with Gasteiger partial charge in [0.1, 0.15) is 24.7 Å². The minimum atomic E-state index is -1.01. The number of ether oxygens (including phenoxy) is 3. The van der Waals surface area contributed by atoms with Crippen molar-refractivity contribution < 1.29 is 28.9 Å². The van der Waals surface area contributed by atoms with E-state index in [1.54, 1.807) is 0 Å². The Morgan fingerprint density at radius 2 is 1.36 bits per heavy atom. The van der Waals surface area contributed by atoms with Crippen molar-refractivity contribution in [1.29, 1.82) is 0 Å². The molecule has 0 aliphatic heterocycles. The van der Waals surface area contributed by atoms with Crippen molar-refractivity contribution in [1.82, 2.24) is 0 Å². The van der Waals surface area contributed by atoms with E-state index in [0.29, 0.717) is 11.5 Å². The van der Waals surface area contributed by atoms with E-state index >= 15 is 0 Å². The molecule has 1 N–H and O–H groups in total. The molecule has 6 nitrogen and oxygen atoms in total. The molecule has 28 heavy (non-hydrogen) atoms. The number of benzene rings is 2. The van der Waals surface area contributed by atoms with Crippen LogP contribution in [0.3, 0.4) is 0 Å². The van der Waals surface area contributed by atoms with E-state index in [1.807, 2.05) is 48.5 Å². The summed E-state index contributed by atoms with van der Waals surface area (Å²) in [5.74, 6) is -0.143. The van der Waals surface area contributed by atoms with Gasteiger partial charge in [-0.25, -0.2) is 9.59 Å². The molecule has 146 valence electrons. The molecule has 0 heterocycles. The molecule has 0 radical (unpaired) electrons. The molecule has 0 unspecified atom stereocenters. The van der Waals surface area contributed by atoms with Gasteiger partial charge in [-0.05, 0) is 35.4 Å². The Balaban J connectivity index is 1.83. The lowest BCUT2D eigenvalue weighted by molar-refractivity contribution is -0.138. The third kappa shape index (κ3) is 6.64. The molecule has 0 aliphatic carbocycles. The third-order valence-electron chi connectivity index (χ3n) is 3.78. The van der Waals surface area contributed by atoms with E-state index < -0.39 is 11.9 Å². The van der Waals surface area contributed by atoms with Gasteiger partial charge in [0.2, 0.25) is 0 Å². The quantitative estimate of drug-likeness (QED) is 0.361. The van der Waals surface area contributed by atoms with Crippen LogP contribution in [0.1, 0.15) is 6.42 Å². The van der Waals surface area contributed by atoms with Gasteiger partial charge in [0.15, 0.2) is 0 Å². The van der Waals surface area contributed by atoms with Crippen molar-refractivity contribution in [2.75, 3.05) is 19.8 Å². The summed E-state index contributed by atoms with van der Waals surface area (Å²) in [6.07, 6.45) is 1.38. The van der Waals surface area contributed by atoms with Gasteiger partial charge in [-0.3, -0.25) is 0 Å². The molecule has 0 saturated carbocycles. The smallest absolute Gasteiger partial charge is 0.331 e. The maximum absolute atomic E-state index is 10.9.